The Balaban J connectivity index is 2.12. The highest BCUT2D eigenvalue weighted by atomic mass is 14.9. The molecule has 1 aliphatic rings. The van der Waals surface area contributed by atoms with E-state index in [-0.39, 0.29) is 0 Å². The quantitative estimate of drug-likeness (QED) is 0.759. The second-order valence-corrected chi connectivity index (χ2v) is 5.93. The van der Waals surface area contributed by atoms with Gasteiger partial charge in [0.05, 0.1) is 0 Å². The molecule has 0 saturated heterocycles. The van der Waals surface area contributed by atoms with Crippen LogP contribution in [0.3, 0.4) is 0 Å². The molecule has 1 N–H and O–H groups in total. The van der Waals surface area contributed by atoms with Gasteiger partial charge in [-0.2, -0.15) is 0 Å². The van der Waals surface area contributed by atoms with E-state index < -0.39 is 0 Å². The molecule has 2 atom stereocenters. The van der Waals surface area contributed by atoms with E-state index >= 15 is 0 Å². The van der Waals surface area contributed by atoms with Crippen molar-refractivity contribution in [3.63, 3.8) is 0 Å². The molecule has 1 nitrogen and oxygen atoms in total. The smallest absolute Gasteiger partial charge is 0.0138 e. The van der Waals surface area contributed by atoms with Gasteiger partial charge in [0.1, 0.15) is 0 Å². The number of nitrogens with one attached hydrogen (secondary N) is 1. The van der Waals surface area contributed by atoms with E-state index in [0.717, 1.165) is 18.4 Å². The Morgan fingerprint density at radius 3 is 2.58 bits per heavy atom. The van der Waals surface area contributed by atoms with Crippen LogP contribution in [-0.2, 0) is 6.42 Å². The van der Waals surface area contributed by atoms with Crippen LogP contribution in [0.4, 0.5) is 0 Å². The van der Waals surface area contributed by atoms with Crippen molar-refractivity contribution in [2.45, 2.75) is 64.8 Å². The first-order chi connectivity index (χ1) is 9.30. The monoisotopic (exact) mass is 259 g/mol. The van der Waals surface area contributed by atoms with Gasteiger partial charge in [0.25, 0.3) is 0 Å². The molecule has 0 saturated carbocycles. The number of rotatable bonds is 7. The van der Waals surface area contributed by atoms with Crippen molar-refractivity contribution < 1.29 is 0 Å². The van der Waals surface area contributed by atoms with Gasteiger partial charge in [0, 0.05) is 6.04 Å². The van der Waals surface area contributed by atoms with Crippen molar-refractivity contribution in [3.8, 4) is 0 Å². The summed E-state index contributed by atoms with van der Waals surface area (Å²) in [5.74, 6) is 1.61. The fraction of sp³-hybridized carbons (Fsp3) is 0.667. The SMILES string of the molecule is CCNC(CC(CC)CC)C1CCc2ccccc21. The summed E-state index contributed by atoms with van der Waals surface area (Å²) < 4.78 is 0. The summed E-state index contributed by atoms with van der Waals surface area (Å²) in [5.41, 5.74) is 3.19. The summed E-state index contributed by atoms with van der Waals surface area (Å²) in [5, 5.41) is 3.76. The molecule has 0 heterocycles. The molecular formula is C18H29N. The maximum Gasteiger partial charge on any atom is 0.0138 e. The summed E-state index contributed by atoms with van der Waals surface area (Å²) in [7, 11) is 0. The first-order valence-electron chi connectivity index (χ1n) is 8.11. The molecule has 0 fully saturated rings. The van der Waals surface area contributed by atoms with Gasteiger partial charge in [-0.15, -0.1) is 0 Å². The lowest BCUT2D eigenvalue weighted by Gasteiger charge is -2.28. The largest absolute Gasteiger partial charge is 0.314 e. The third kappa shape index (κ3) is 3.39. The minimum absolute atomic E-state index is 0.665. The number of hydrogen-bond acceptors (Lipinski definition) is 1. The molecule has 0 bridgehead atoms. The van der Waals surface area contributed by atoms with Gasteiger partial charge in [-0.1, -0.05) is 57.9 Å². The molecular weight excluding hydrogens is 230 g/mol. The van der Waals surface area contributed by atoms with Crippen molar-refractivity contribution in [2.75, 3.05) is 6.54 Å². The molecule has 0 amide bonds. The summed E-state index contributed by atoms with van der Waals surface area (Å²) in [6.45, 7) is 7.99. The van der Waals surface area contributed by atoms with E-state index in [0.29, 0.717) is 6.04 Å². The normalized spacial score (nSPS) is 19.7. The van der Waals surface area contributed by atoms with Gasteiger partial charge >= 0.3 is 0 Å². The van der Waals surface area contributed by atoms with E-state index in [2.05, 4.69) is 50.4 Å². The second kappa shape index (κ2) is 7.09. The predicted molar refractivity (Wildman–Crippen MR) is 83.7 cm³/mol. The maximum atomic E-state index is 3.76. The zero-order valence-electron chi connectivity index (χ0n) is 12.8. The van der Waals surface area contributed by atoms with Gasteiger partial charge < -0.3 is 5.32 Å². The Morgan fingerprint density at radius 2 is 1.89 bits per heavy atom. The van der Waals surface area contributed by atoms with E-state index in [9.17, 15) is 0 Å². The lowest BCUT2D eigenvalue weighted by Crippen LogP contribution is -2.35. The highest BCUT2D eigenvalue weighted by Crippen LogP contribution is 2.37. The number of likely N-dealkylation sites (N-methyl/N-ethyl adjacent to an activating group) is 1. The minimum atomic E-state index is 0.665. The van der Waals surface area contributed by atoms with Crippen molar-refractivity contribution >= 4 is 0 Å². The number of benzene rings is 1. The van der Waals surface area contributed by atoms with E-state index in [1.54, 1.807) is 11.1 Å². The van der Waals surface area contributed by atoms with Crippen LogP contribution in [0.5, 0.6) is 0 Å². The van der Waals surface area contributed by atoms with Crippen molar-refractivity contribution in [1.82, 2.24) is 5.32 Å². The Morgan fingerprint density at radius 1 is 1.16 bits per heavy atom. The topological polar surface area (TPSA) is 12.0 Å². The molecule has 19 heavy (non-hydrogen) atoms. The van der Waals surface area contributed by atoms with Crippen LogP contribution < -0.4 is 5.32 Å². The second-order valence-electron chi connectivity index (χ2n) is 5.93. The third-order valence-corrected chi connectivity index (χ3v) is 4.87. The molecule has 1 aliphatic carbocycles. The van der Waals surface area contributed by atoms with Gasteiger partial charge in [-0.25, -0.2) is 0 Å². The van der Waals surface area contributed by atoms with Crippen LogP contribution >= 0.6 is 0 Å². The Labute approximate surface area is 118 Å². The molecule has 0 spiro atoms. The Bertz CT molecular complexity index is 381. The standard InChI is InChI=1S/C18H29N/c1-4-14(5-2)13-18(19-6-3)17-12-11-15-9-7-8-10-16(15)17/h7-10,14,17-19H,4-6,11-13H2,1-3H3. The average molecular weight is 259 g/mol. The van der Waals surface area contributed by atoms with Crippen LogP contribution in [-0.4, -0.2) is 12.6 Å². The average Bonchev–Trinajstić information content (AvgIpc) is 2.87. The fourth-order valence-corrected chi connectivity index (χ4v) is 3.64. The fourth-order valence-electron chi connectivity index (χ4n) is 3.64. The van der Waals surface area contributed by atoms with Gasteiger partial charge in [-0.3, -0.25) is 0 Å². The van der Waals surface area contributed by atoms with Gasteiger partial charge in [0.15, 0.2) is 0 Å². The van der Waals surface area contributed by atoms with Crippen LogP contribution in [0.25, 0.3) is 0 Å². The van der Waals surface area contributed by atoms with E-state index in [1.165, 1.54) is 32.1 Å². The maximum absolute atomic E-state index is 3.76. The first-order valence-corrected chi connectivity index (χ1v) is 8.11. The summed E-state index contributed by atoms with van der Waals surface area (Å²) in [4.78, 5) is 0. The Hall–Kier alpha value is -0.820. The molecule has 0 radical (unpaired) electrons. The summed E-state index contributed by atoms with van der Waals surface area (Å²) in [6.07, 6.45) is 6.56. The molecule has 1 heteroatoms. The molecule has 1 aromatic carbocycles. The van der Waals surface area contributed by atoms with Crippen molar-refractivity contribution in [3.05, 3.63) is 35.4 Å². The lowest BCUT2D eigenvalue weighted by molar-refractivity contribution is 0.330. The van der Waals surface area contributed by atoms with E-state index in [4.69, 9.17) is 0 Å². The molecule has 2 unspecified atom stereocenters. The van der Waals surface area contributed by atoms with Crippen molar-refractivity contribution in [1.29, 1.82) is 0 Å². The Kier molecular flexibility index (Phi) is 5.45. The third-order valence-electron chi connectivity index (χ3n) is 4.87. The zero-order valence-corrected chi connectivity index (χ0v) is 12.8. The highest BCUT2D eigenvalue weighted by molar-refractivity contribution is 5.36. The predicted octanol–water partition coefficient (Wildman–Crippen LogP) is 4.52. The molecule has 0 aliphatic heterocycles. The van der Waals surface area contributed by atoms with E-state index in [1.807, 2.05) is 0 Å². The molecule has 2 rings (SSSR count). The lowest BCUT2D eigenvalue weighted by atomic mass is 9.85. The van der Waals surface area contributed by atoms with Gasteiger partial charge in [-0.05, 0) is 48.8 Å². The summed E-state index contributed by atoms with van der Waals surface area (Å²) >= 11 is 0. The van der Waals surface area contributed by atoms with Crippen LogP contribution in [0.15, 0.2) is 24.3 Å². The summed E-state index contributed by atoms with van der Waals surface area (Å²) in [6, 6.07) is 9.72. The molecule has 106 valence electrons. The highest BCUT2D eigenvalue weighted by Gasteiger charge is 2.29. The first kappa shape index (κ1) is 14.6. The number of aryl methyl sites for hydroxylation is 1. The van der Waals surface area contributed by atoms with Gasteiger partial charge in [0.2, 0.25) is 0 Å². The zero-order chi connectivity index (χ0) is 13.7. The minimum Gasteiger partial charge on any atom is -0.314 e. The van der Waals surface area contributed by atoms with Crippen LogP contribution in [0, 0.1) is 5.92 Å². The number of hydrogen-bond donors (Lipinski definition) is 1. The van der Waals surface area contributed by atoms with Crippen LogP contribution in [0.2, 0.25) is 0 Å². The molecule has 1 aromatic rings. The number of fused-ring (bicyclic) bond motifs is 1. The van der Waals surface area contributed by atoms with Crippen LogP contribution in [0.1, 0.15) is 63.5 Å². The molecule has 0 aromatic heterocycles. The van der Waals surface area contributed by atoms with Crippen molar-refractivity contribution in [2.24, 2.45) is 5.92 Å².